The number of nitrogens with one attached hydrogen (secondary N) is 2. The number of carbonyl (C=O) groups excluding carboxylic acids is 4. The Morgan fingerprint density at radius 3 is 2.80 bits per heavy atom. The lowest BCUT2D eigenvalue weighted by atomic mass is 9.88. The molecule has 2 atom stereocenters. The molecule has 4 amide bonds. The van der Waals surface area contributed by atoms with Crippen LogP contribution in [0.25, 0.3) is 0 Å². The quantitative estimate of drug-likeness (QED) is 0.485. The summed E-state index contributed by atoms with van der Waals surface area (Å²) in [4.78, 5) is 54.2. The van der Waals surface area contributed by atoms with Crippen LogP contribution in [-0.2, 0) is 39.1 Å². The molecular formula is C26H29N3O5S. The molecule has 9 heteroatoms. The Morgan fingerprint density at radius 2 is 2.03 bits per heavy atom. The molecule has 5 rings (SSSR count). The first-order valence-corrected chi connectivity index (χ1v) is 12.9. The second-order valence-electron chi connectivity index (χ2n) is 9.94. The van der Waals surface area contributed by atoms with Crippen molar-refractivity contribution in [2.45, 2.75) is 64.5 Å². The Balaban J connectivity index is 1.37. The van der Waals surface area contributed by atoms with Crippen LogP contribution in [0.4, 0.5) is 9.80 Å². The molecule has 8 nitrogen and oxygen atoms in total. The molecule has 2 N–H and O–H groups in total. The van der Waals surface area contributed by atoms with Gasteiger partial charge in [-0.1, -0.05) is 31.2 Å². The molecule has 1 spiro atoms. The third-order valence-electron chi connectivity index (χ3n) is 7.04. The molecule has 0 saturated carbocycles. The number of hydrogen-bond acceptors (Lipinski definition) is 6. The average Bonchev–Trinajstić information content (AvgIpc) is 3.41. The van der Waals surface area contributed by atoms with Crippen LogP contribution in [0.3, 0.4) is 0 Å². The van der Waals surface area contributed by atoms with Crippen LogP contribution in [0.15, 0.2) is 24.3 Å². The number of amides is 4. The summed E-state index contributed by atoms with van der Waals surface area (Å²) in [6, 6.07) is 6.98. The number of rotatable bonds is 5. The zero-order chi connectivity index (χ0) is 24.9. The highest BCUT2D eigenvalue weighted by Crippen LogP contribution is 2.42. The minimum absolute atomic E-state index is 0.291. The molecule has 3 aliphatic rings. The van der Waals surface area contributed by atoms with Crippen molar-refractivity contribution < 1.29 is 23.9 Å². The first-order chi connectivity index (χ1) is 16.7. The Kier molecular flexibility index (Phi) is 5.91. The summed E-state index contributed by atoms with van der Waals surface area (Å²) >= 11 is 1.38. The normalized spacial score (nSPS) is 22.9. The summed E-state index contributed by atoms with van der Waals surface area (Å²) in [5.74, 6) is -0.905. The van der Waals surface area contributed by atoms with E-state index in [0.717, 1.165) is 45.7 Å². The molecular weight excluding hydrogens is 466 g/mol. The van der Waals surface area contributed by atoms with Crippen LogP contribution in [0.5, 0.6) is 0 Å². The fourth-order valence-corrected chi connectivity index (χ4v) is 6.79. The fourth-order valence-electron chi connectivity index (χ4n) is 5.37. The van der Waals surface area contributed by atoms with Crippen LogP contribution < -0.4 is 10.6 Å². The van der Waals surface area contributed by atoms with E-state index in [9.17, 15) is 19.2 Å². The van der Waals surface area contributed by atoms with E-state index in [4.69, 9.17) is 4.74 Å². The highest BCUT2D eigenvalue weighted by Gasteiger charge is 2.55. The molecule has 1 saturated heterocycles. The van der Waals surface area contributed by atoms with Gasteiger partial charge in [0, 0.05) is 4.88 Å². The van der Waals surface area contributed by atoms with Crippen molar-refractivity contribution in [3.8, 4) is 0 Å². The van der Waals surface area contributed by atoms with Crippen LogP contribution >= 0.6 is 11.3 Å². The number of esters is 1. The van der Waals surface area contributed by atoms with Crippen molar-refractivity contribution in [1.29, 1.82) is 0 Å². The standard InChI is InChI=1S/C26H29N3O5S/c1-14(2)34-23(31)21-17-9-8-15(3)12-19(17)35-22(21)27-20(30)13-29-24(32)26(28-25(29)33)11-10-16-6-4-5-7-18(16)26/h4-7,14-15H,8-13H2,1-3H3,(H,27,30)(H,28,33). The van der Waals surface area contributed by atoms with Gasteiger partial charge in [-0.2, -0.15) is 0 Å². The van der Waals surface area contributed by atoms with Crippen LogP contribution in [0.1, 0.15) is 65.5 Å². The highest BCUT2D eigenvalue weighted by atomic mass is 32.1. The first-order valence-electron chi connectivity index (χ1n) is 12.1. The zero-order valence-electron chi connectivity index (χ0n) is 20.1. The largest absolute Gasteiger partial charge is 0.459 e. The predicted octanol–water partition coefficient (Wildman–Crippen LogP) is 3.77. The Morgan fingerprint density at radius 1 is 1.26 bits per heavy atom. The van der Waals surface area contributed by atoms with Crippen molar-refractivity contribution in [3.63, 3.8) is 0 Å². The van der Waals surface area contributed by atoms with E-state index in [1.807, 2.05) is 24.3 Å². The molecule has 1 fully saturated rings. The van der Waals surface area contributed by atoms with Crippen molar-refractivity contribution in [1.82, 2.24) is 10.2 Å². The van der Waals surface area contributed by atoms with E-state index in [2.05, 4.69) is 17.6 Å². The summed E-state index contributed by atoms with van der Waals surface area (Å²) < 4.78 is 5.46. The summed E-state index contributed by atoms with van der Waals surface area (Å²) in [5, 5.41) is 6.07. The molecule has 0 radical (unpaired) electrons. The molecule has 2 aliphatic carbocycles. The first kappa shape index (κ1) is 23.5. The topological polar surface area (TPSA) is 105 Å². The van der Waals surface area contributed by atoms with Gasteiger partial charge < -0.3 is 15.4 Å². The number of anilines is 1. The number of nitrogens with zero attached hydrogens (tertiary/aromatic N) is 1. The number of thiophene rings is 1. The SMILES string of the molecule is CC1CCc2c(sc(NC(=O)CN3C(=O)NC4(CCc5ccccc54)C3=O)c2C(=O)OC(C)C)C1. The number of hydrogen-bond donors (Lipinski definition) is 2. The molecule has 1 aromatic carbocycles. The number of urea groups is 1. The van der Waals surface area contributed by atoms with Gasteiger partial charge in [-0.15, -0.1) is 11.3 Å². The molecule has 2 unspecified atom stereocenters. The fraction of sp³-hybridized carbons (Fsp3) is 0.462. The van der Waals surface area contributed by atoms with Gasteiger partial charge >= 0.3 is 12.0 Å². The lowest BCUT2D eigenvalue weighted by molar-refractivity contribution is -0.134. The monoisotopic (exact) mass is 495 g/mol. The minimum atomic E-state index is -1.11. The average molecular weight is 496 g/mol. The summed E-state index contributed by atoms with van der Waals surface area (Å²) in [6.45, 7) is 5.31. The lowest BCUT2D eigenvalue weighted by Gasteiger charge is -2.22. The number of ether oxygens (including phenoxy) is 1. The molecule has 1 aromatic heterocycles. The molecule has 2 aromatic rings. The van der Waals surface area contributed by atoms with Gasteiger partial charge in [-0.05, 0) is 68.6 Å². The van der Waals surface area contributed by atoms with Gasteiger partial charge in [0.25, 0.3) is 5.91 Å². The van der Waals surface area contributed by atoms with E-state index >= 15 is 0 Å². The Hall–Kier alpha value is -3.20. The molecule has 0 bridgehead atoms. The smallest absolute Gasteiger partial charge is 0.341 e. The van der Waals surface area contributed by atoms with E-state index in [0.29, 0.717) is 29.3 Å². The van der Waals surface area contributed by atoms with Gasteiger partial charge in [0.1, 0.15) is 17.1 Å². The van der Waals surface area contributed by atoms with Crippen LogP contribution in [0.2, 0.25) is 0 Å². The third-order valence-corrected chi connectivity index (χ3v) is 8.21. The zero-order valence-corrected chi connectivity index (χ0v) is 20.9. The number of imide groups is 1. The number of aryl methyl sites for hydroxylation is 1. The van der Waals surface area contributed by atoms with Gasteiger partial charge in [-0.25, -0.2) is 9.59 Å². The van der Waals surface area contributed by atoms with Crippen molar-refractivity contribution in [2.75, 3.05) is 11.9 Å². The molecule has 2 heterocycles. The molecule has 35 heavy (non-hydrogen) atoms. The van der Waals surface area contributed by atoms with Crippen LogP contribution in [0, 0.1) is 5.92 Å². The summed E-state index contributed by atoms with van der Waals surface area (Å²) in [6.07, 6.45) is 3.41. The Bertz CT molecular complexity index is 1240. The summed E-state index contributed by atoms with van der Waals surface area (Å²) in [7, 11) is 0. The molecule has 184 valence electrons. The maximum absolute atomic E-state index is 13.4. The third kappa shape index (κ3) is 4.01. The van der Waals surface area contributed by atoms with Gasteiger partial charge in [-0.3, -0.25) is 14.5 Å². The second-order valence-corrected chi connectivity index (χ2v) is 11.0. The van der Waals surface area contributed by atoms with E-state index in [1.165, 1.54) is 11.3 Å². The van der Waals surface area contributed by atoms with Crippen molar-refractivity contribution in [3.05, 3.63) is 51.4 Å². The van der Waals surface area contributed by atoms with E-state index in [1.54, 1.807) is 13.8 Å². The van der Waals surface area contributed by atoms with Crippen molar-refractivity contribution >= 4 is 40.2 Å². The highest BCUT2D eigenvalue weighted by molar-refractivity contribution is 7.17. The van der Waals surface area contributed by atoms with Crippen LogP contribution in [-0.4, -0.2) is 41.4 Å². The predicted molar refractivity (Wildman–Crippen MR) is 131 cm³/mol. The maximum Gasteiger partial charge on any atom is 0.341 e. The number of carbonyl (C=O) groups is 4. The van der Waals surface area contributed by atoms with Gasteiger partial charge in [0.2, 0.25) is 5.91 Å². The van der Waals surface area contributed by atoms with Gasteiger partial charge in [0.15, 0.2) is 0 Å². The van der Waals surface area contributed by atoms with Crippen molar-refractivity contribution in [2.24, 2.45) is 5.92 Å². The van der Waals surface area contributed by atoms with Gasteiger partial charge in [0.05, 0.1) is 11.7 Å². The molecule has 1 aliphatic heterocycles. The van der Waals surface area contributed by atoms with E-state index < -0.39 is 35.9 Å². The van der Waals surface area contributed by atoms with E-state index in [-0.39, 0.29) is 6.10 Å². The number of fused-ring (bicyclic) bond motifs is 3. The lowest BCUT2D eigenvalue weighted by Crippen LogP contribution is -2.43. The minimum Gasteiger partial charge on any atom is -0.459 e. The maximum atomic E-state index is 13.4. The number of benzene rings is 1. The second kappa shape index (κ2) is 8.78. The summed E-state index contributed by atoms with van der Waals surface area (Å²) in [5.41, 5.74) is 2.04. The Labute approximate surface area is 208 Å².